The Kier molecular flexibility index (Phi) is 6.82. The van der Waals surface area contributed by atoms with Crippen LogP contribution in [0.1, 0.15) is 61.7 Å². The zero-order chi connectivity index (χ0) is 21.6. The Labute approximate surface area is 183 Å². The van der Waals surface area contributed by atoms with Gasteiger partial charge in [0.1, 0.15) is 24.2 Å². The second-order valence-electron chi connectivity index (χ2n) is 8.14. The molecule has 1 N–H and O–H groups in total. The number of benzene rings is 1. The van der Waals surface area contributed by atoms with E-state index in [1.807, 2.05) is 41.1 Å². The molecule has 0 atom stereocenters. The maximum absolute atomic E-state index is 13.2. The maximum atomic E-state index is 13.2. The van der Waals surface area contributed by atoms with E-state index >= 15 is 0 Å². The first-order valence-electron chi connectivity index (χ1n) is 11.2. The van der Waals surface area contributed by atoms with Crippen molar-refractivity contribution in [2.45, 2.75) is 58.2 Å². The van der Waals surface area contributed by atoms with E-state index < -0.39 is 0 Å². The molecule has 4 rings (SSSR count). The van der Waals surface area contributed by atoms with E-state index in [0.29, 0.717) is 23.9 Å². The number of amides is 1. The molecule has 1 aliphatic rings. The fourth-order valence-electron chi connectivity index (χ4n) is 4.31. The Morgan fingerprint density at radius 2 is 1.90 bits per heavy atom. The fourth-order valence-corrected chi connectivity index (χ4v) is 4.31. The van der Waals surface area contributed by atoms with Crippen LogP contribution in [0, 0.1) is 0 Å². The molecular formula is C24H31N5O2. The summed E-state index contributed by atoms with van der Waals surface area (Å²) >= 11 is 0. The van der Waals surface area contributed by atoms with Gasteiger partial charge in [-0.2, -0.15) is 5.10 Å². The van der Waals surface area contributed by atoms with E-state index in [1.165, 1.54) is 0 Å². The Bertz CT molecular complexity index is 955. The second-order valence-corrected chi connectivity index (χ2v) is 8.14. The fraction of sp³-hybridized carbons (Fsp3) is 0.458. The molecule has 31 heavy (non-hydrogen) atoms. The minimum atomic E-state index is -0.0578. The Hall–Kier alpha value is -2.93. The van der Waals surface area contributed by atoms with E-state index in [0.717, 1.165) is 50.1 Å². The normalized spacial score (nSPS) is 18.9. The van der Waals surface area contributed by atoms with Crippen molar-refractivity contribution in [3.8, 4) is 11.3 Å². The molecular weight excluding hydrogens is 390 g/mol. The molecule has 0 aliphatic heterocycles. The molecule has 0 unspecified atom stereocenters. The minimum absolute atomic E-state index is 0.0578. The van der Waals surface area contributed by atoms with Gasteiger partial charge in [0.2, 0.25) is 0 Å². The van der Waals surface area contributed by atoms with Crippen LogP contribution in [0.4, 0.5) is 0 Å². The standard InChI is InChI=1S/C24H31N5O2/c1-3-28(4-2)15-21-14-22(23(31-21)18-8-6-5-7-9-18)24(30)27-19-10-12-20(13-11-19)29-17-25-16-26-29/h5-9,14,16-17,19-20H,3-4,10-13,15H2,1-2H3,(H,27,30). The van der Waals surface area contributed by atoms with Gasteiger partial charge in [-0.25, -0.2) is 9.67 Å². The van der Waals surface area contributed by atoms with Crippen LogP contribution in [0.5, 0.6) is 0 Å². The molecule has 0 radical (unpaired) electrons. The van der Waals surface area contributed by atoms with E-state index in [2.05, 4.69) is 34.1 Å². The van der Waals surface area contributed by atoms with Crippen molar-refractivity contribution in [2.75, 3.05) is 13.1 Å². The first-order valence-corrected chi connectivity index (χ1v) is 11.2. The van der Waals surface area contributed by atoms with Crippen LogP contribution in [0.2, 0.25) is 0 Å². The molecule has 0 saturated heterocycles. The lowest BCUT2D eigenvalue weighted by molar-refractivity contribution is 0.0922. The highest BCUT2D eigenvalue weighted by molar-refractivity contribution is 6.00. The molecule has 3 aromatic rings. The summed E-state index contributed by atoms with van der Waals surface area (Å²) in [6.45, 7) is 6.84. The van der Waals surface area contributed by atoms with Gasteiger partial charge in [0.05, 0.1) is 18.2 Å². The SMILES string of the molecule is CCN(CC)Cc1cc(C(=O)NC2CCC(n3cncn3)CC2)c(-c2ccccc2)o1. The van der Waals surface area contributed by atoms with E-state index in [4.69, 9.17) is 4.42 Å². The molecule has 7 nitrogen and oxygen atoms in total. The summed E-state index contributed by atoms with van der Waals surface area (Å²) in [5, 5.41) is 7.51. The minimum Gasteiger partial charge on any atom is -0.459 e. The number of hydrogen-bond acceptors (Lipinski definition) is 5. The van der Waals surface area contributed by atoms with Crippen molar-refractivity contribution in [2.24, 2.45) is 0 Å². The highest BCUT2D eigenvalue weighted by atomic mass is 16.3. The number of carbonyl (C=O) groups is 1. The summed E-state index contributed by atoms with van der Waals surface area (Å²) in [5.41, 5.74) is 1.54. The predicted octanol–water partition coefficient (Wildman–Crippen LogP) is 4.29. The number of rotatable bonds is 8. The summed E-state index contributed by atoms with van der Waals surface area (Å²) in [7, 11) is 0. The van der Waals surface area contributed by atoms with Gasteiger partial charge in [-0.15, -0.1) is 0 Å². The number of aromatic nitrogens is 3. The van der Waals surface area contributed by atoms with Gasteiger partial charge in [-0.1, -0.05) is 44.2 Å². The molecule has 0 spiro atoms. The Morgan fingerprint density at radius 1 is 1.16 bits per heavy atom. The van der Waals surface area contributed by atoms with Crippen molar-refractivity contribution in [3.63, 3.8) is 0 Å². The van der Waals surface area contributed by atoms with Gasteiger partial charge < -0.3 is 9.73 Å². The largest absolute Gasteiger partial charge is 0.459 e. The van der Waals surface area contributed by atoms with Gasteiger partial charge in [0.25, 0.3) is 5.91 Å². The molecule has 1 fully saturated rings. The Morgan fingerprint density at radius 3 is 2.55 bits per heavy atom. The molecule has 1 aliphatic carbocycles. The van der Waals surface area contributed by atoms with Crippen LogP contribution < -0.4 is 5.32 Å². The molecule has 0 bridgehead atoms. The lowest BCUT2D eigenvalue weighted by Crippen LogP contribution is -2.38. The van der Waals surface area contributed by atoms with Gasteiger partial charge >= 0.3 is 0 Å². The lowest BCUT2D eigenvalue weighted by atomic mass is 9.91. The average molecular weight is 422 g/mol. The number of nitrogens with one attached hydrogen (secondary N) is 1. The number of hydrogen-bond donors (Lipinski definition) is 1. The van der Waals surface area contributed by atoms with Crippen molar-refractivity contribution < 1.29 is 9.21 Å². The van der Waals surface area contributed by atoms with Crippen LogP contribution in [-0.4, -0.2) is 44.7 Å². The molecule has 1 amide bonds. The third kappa shape index (κ3) is 5.05. The third-order valence-corrected chi connectivity index (χ3v) is 6.18. The van der Waals surface area contributed by atoms with E-state index in [-0.39, 0.29) is 11.9 Å². The topological polar surface area (TPSA) is 76.2 Å². The van der Waals surface area contributed by atoms with Crippen LogP contribution in [-0.2, 0) is 6.54 Å². The highest BCUT2D eigenvalue weighted by Crippen LogP contribution is 2.30. The van der Waals surface area contributed by atoms with Gasteiger partial charge in [0.15, 0.2) is 0 Å². The van der Waals surface area contributed by atoms with E-state index in [9.17, 15) is 4.79 Å². The quantitative estimate of drug-likeness (QED) is 0.587. The smallest absolute Gasteiger partial charge is 0.255 e. The van der Waals surface area contributed by atoms with E-state index in [1.54, 1.807) is 12.7 Å². The molecule has 2 aromatic heterocycles. The van der Waals surface area contributed by atoms with Crippen molar-refractivity contribution in [3.05, 3.63) is 60.4 Å². The summed E-state index contributed by atoms with van der Waals surface area (Å²) in [6.07, 6.45) is 7.19. The van der Waals surface area contributed by atoms with Crippen LogP contribution in [0.15, 0.2) is 53.5 Å². The van der Waals surface area contributed by atoms with Crippen molar-refractivity contribution >= 4 is 5.91 Å². The first-order chi connectivity index (χ1) is 15.2. The number of nitrogens with zero attached hydrogens (tertiary/aromatic N) is 4. The summed E-state index contributed by atoms with van der Waals surface area (Å²) in [6, 6.07) is 12.3. The van der Waals surface area contributed by atoms with Gasteiger partial charge in [0, 0.05) is 11.6 Å². The first kappa shape index (κ1) is 21.3. The van der Waals surface area contributed by atoms with Crippen LogP contribution >= 0.6 is 0 Å². The predicted molar refractivity (Wildman–Crippen MR) is 120 cm³/mol. The molecule has 7 heteroatoms. The molecule has 1 saturated carbocycles. The maximum Gasteiger partial charge on any atom is 0.255 e. The van der Waals surface area contributed by atoms with Crippen LogP contribution in [0.25, 0.3) is 11.3 Å². The van der Waals surface area contributed by atoms with Crippen molar-refractivity contribution in [1.29, 1.82) is 0 Å². The Balaban J connectivity index is 1.48. The number of furan rings is 1. The average Bonchev–Trinajstić information content (AvgIpc) is 3.49. The molecule has 164 valence electrons. The second kappa shape index (κ2) is 9.92. The van der Waals surface area contributed by atoms with Crippen LogP contribution in [0.3, 0.4) is 0 Å². The molecule has 1 aromatic carbocycles. The zero-order valence-electron chi connectivity index (χ0n) is 18.3. The molecule has 2 heterocycles. The summed E-state index contributed by atoms with van der Waals surface area (Å²) in [4.78, 5) is 19.6. The third-order valence-electron chi connectivity index (χ3n) is 6.18. The zero-order valence-corrected chi connectivity index (χ0v) is 18.3. The monoisotopic (exact) mass is 421 g/mol. The van der Waals surface area contributed by atoms with Crippen molar-refractivity contribution in [1.82, 2.24) is 25.0 Å². The number of carbonyl (C=O) groups excluding carboxylic acids is 1. The highest BCUT2D eigenvalue weighted by Gasteiger charge is 2.26. The summed E-state index contributed by atoms with van der Waals surface area (Å²) in [5.74, 6) is 1.41. The summed E-state index contributed by atoms with van der Waals surface area (Å²) < 4.78 is 8.12. The van der Waals surface area contributed by atoms with Gasteiger partial charge in [-0.05, 0) is 44.8 Å². The van der Waals surface area contributed by atoms with Gasteiger partial charge in [-0.3, -0.25) is 9.69 Å². The lowest BCUT2D eigenvalue weighted by Gasteiger charge is -2.28.